The van der Waals surface area contributed by atoms with Gasteiger partial charge < -0.3 is 15.5 Å². The summed E-state index contributed by atoms with van der Waals surface area (Å²) in [7, 11) is 0. The Labute approximate surface area is 127 Å². The Hall–Kier alpha value is -2.16. The van der Waals surface area contributed by atoms with Crippen molar-refractivity contribution in [1.82, 2.24) is 0 Å². The van der Waals surface area contributed by atoms with E-state index in [1.807, 2.05) is 0 Å². The number of hydrogen-bond donors (Lipinski definition) is 1. The molecule has 0 radical (unpaired) electrons. The van der Waals surface area contributed by atoms with Crippen molar-refractivity contribution in [2.75, 3.05) is 41.7 Å². The normalized spacial score (nSPS) is 15.3. The van der Waals surface area contributed by atoms with Crippen molar-refractivity contribution in [3.63, 3.8) is 0 Å². The summed E-state index contributed by atoms with van der Waals surface area (Å²) in [5.41, 5.74) is 12.1. The third-order valence-electron chi connectivity index (χ3n) is 4.26. The summed E-state index contributed by atoms with van der Waals surface area (Å²) in [6.45, 7) is 8.37. The molecule has 0 bridgehead atoms. The minimum absolute atomic E-state index is 0.888. The molecule has 2 aromatic rings. The van der Waals surface area contributed by atoms with E-state index >= 15 is 0 Å². The second kappa shape index (κ2) is 5.68. The Morgan fingerprint density at radius 3 is 2.05 bits per heavy atom. The average Bonchev–Trinajstić information content (AvgIpc) is 2.48. The highest BCUT2D eigenvalue weighted by Gasteiger charge is 2.19. The fraction of sp³-hybridized carbons (Fsp3) is 0.333. The van der Waals surface area contributed by atoms with Crippen LogP contribution < -0.4 is 15.5 Å². The molecule has 0 aliphatic carbocycles. The Balaban J connectivity index is 1.72. The molecule has 1 aliphatic rings. The van der Waals surface area contributed by atoms with E-state index in [4.69, 9.17) is 5.73 Å². The van der Waals surface area contributed by atoms with Crippen molar-refractivity contribution >= 4 is 17.1 Å². The number of para-hydroxylation sites is 1. The number of nitrogen functional groups attached to an aromatic ring is 1. The highest BCUT2D eigenvalue weighted by Crippen LogP contribution is 2.27. The van der Waals surface area contributed by atoms with Crippen LogP contribution >= 0.6 is 0 Å². The maximum absolute atomic E-state index is 6.17. The number of rotatable bonds is 2. The van der Waals surface area contributed by atoms with E-state index < -0.39 is 0 Å². The lowest BCUT2D eigenvalue weighted by atomic mass is 10.1. The zero-order valence-corrected chi connectivity index (χ0v) is 12.8. The number of piperazine rings is 1. The molecule has 0 atom stereocenters. The molecule has 2 N–H and O–H groups in total. The number of hydrogen-bond acceptors (Lipinski definition) is 3. The van der Waals surface area contributed by atoms with Gasteiger partial charge in [-0.15, -0.1) is 0 Å². The van der Waals surface area contributed by atoms with Crippen LogP contribution in [0.3, 0.4) is 0 Å². The third-order valence-corrected chi connectivity index (χ3v) is 4.26. The number of nitrogens with two attached hydrogens (primary N) is 1. The van der Waals surface area contributed by atoms with Crippen LogP contribution in [-0.4, -0.2) is 26.2 Å². The van der Waals surface area contributed by atoms with Gasteiger partial charge in [-0.25, -0.2) is 0 Å². The van der Waals surface area contributed by atoms with Gasteiger partial charge in [-0.1, -0.05) is 24.3 Å². The van der Waals surface area contributed by atoms with Crippen molar-refractivity contribution < 1.29 is 0 Å². The third kappa shape index (κ3) is 2.82. The predicted octanol–water partition coefficient (Wildman–Crippen LogP) is 3.21. The average molecular weight is 281 g/mol. The van der Waals surface area contributed by atoms with Crippen LogP contribution in [0.1, 0.15) is 11.1 Å². The molecule has 3 nitrogen and oxygen atoms in total. The molecule has 0 unspecified atom stereocenters. The minimum atomic E-state index is 0.888. The molecule has 1 fully saturated rings. The molecular formula is C18H23N3. The lowest BCUT2D eigenvalue weighted by molar-refractivity contribution is 0.653. The lowest BCUT2D eigenvalue weighted by Crippen LogP contribution is -2.47. The van der Waals surface area contributed by atoms with Crippen LogP contribution in [0.2, 0.25) is 0 Å². The van der Waals surface area contributed by atoms with Crippen LogP contribution in [0.15, 0.2) is 42.5 Å². The fourth-order valence-corrected chi connectivity index (χ4v) is 3.07. The molecule has 110 valence electrons. The molecular weight excluding hydrogens is 258 g/mol. The van der Waals surface area contributed by atoms with Gasteiger partial charge >= 0.3 is 0 Å². The molecule has 0 spiro atoms. The van der Waals surface area contributed by atoms with E-state index in [9.17, 15) is 0 Å². The van der Waals surface area contributed by atoms with E-state index in [-0.39, 0.29) is 0 Å². The minimum Gasteiger partial charge on any atom is -0.397 e. The van der Waals surface area contributed by atoms with E-state index in [1.54, 1.807) is 0 Å². The first-order valence-electron chi connectivity index (χ1n) is 7.57. The molecule has 3 rings (SSSR count). The van der Waals surface area contributed by atoms with Gasteiger partial charge in [-0.2, -0.15) is 0 Å². The standard InChI is InChI=1S/C18H23N3/c1-14-7-8-18(16(19)13-14)21-11-9-20(10-12-21)17-6-4-3-5-15(17)2/h3-8,13H,9-12,19H2,1-2H3. The highest BCUT2D eigenvalue weighted by molar-refractivity contribution is 5.69. The van der Waals surface area contributed by atoms with Crippen LogP contribution in [0.4, 0.5) is 17.1 Å². The van der Waals surface area contributed by atoms with Crippen molar-refractivity contribution in [2.45, 2.75) is 13.8 Å². The van der Waals surface area contributed by atoms with Gasteiger partial charge in [0.05, 0.1) is 11.4 Å². The van der Waals surface area contributed by atoms with Crippen LogP contribution in [0.25, 0.3) is 0 Å². The molecule has 1 saturated heterocycles. The van der Waals surface area contributed by atoms with Gasteiger partial charge in [-0.3, -0.25) is 0 Å². The summed E-state index contributed by atoms with van der Waals surface area (Å²) in [6, 6.07) is 15.0. The first-order valence-corrected chi connectivity index (χ1v) is 7.57. The van der Waals surface area contributed by atoms with E-state index in [2.05, 4.69) is 66.1 Å². The van der Waals surface area contributed by atoms with E-state index in [0.29, 0.717) is 0 Å². The molecule has 1 heterocycles. The van der Waals surface area contributed by atoms with Crippen LogP contribution in [0, 0.1) is 13.8 Å². The van der Waals surface area contributed by atoms with Gasteiger partial charge in [0.2, 0.25) is 0 Å². The first-order chi connectivity index (χ1) is 10.1. The quantitative estimate of drug-likeness (QED) is 0.858. The molecule has 0 saturated carbocycles. The van der Waals surface area contributed by atoms with Gasteiger partial charge in [-0.05, 0) is 43.2 Å². The summed E-state index contributed by atoms with van der Waals surface area (Å²) in [5.74, 6) is 0. The Morgan fingerprint density at radius 1 is 0.810 bits per heavy atom. The van der Waals surface area contributed by atoms with Gasteiger partial charge in [0.1, 0.15) is 0 Å². The van der Waals surface area contributed by atoms with Crippen LogP contribution in [-0.2, 0) is 0 Å². The van der Waals surface area contributed by atoms with Gasteiger partial charge in [0, 0.05) is 31.9 Å². The van der Waals surface area contributed by atoms with E-state index in [0.717, 1.165) is 31.9 Å². The van der Waals surface area contributed by atoms with E-state index in [1.165, 1.54) is 22.5 Å². The zero-order valence-electron chi connectivity index (χ0n) is 12.8. The summed E-state index contributed by atoms with van der Waals surface area (Å²) >= 11 is 0. The highest BCUT2D eigenvalue weighted by atomic mass is 15.3. The van der Waals surface area contributed by atoms with Crippen molar-refractivity contribution in [3.8, 4) is 0 Å². The largest absolute Gasteiger partial charge is 0.397 e. The number of anilines is 3. The smallest absolute Gasteiger partial charge is 0.0601 e. The van der Waals surface area contributed by atoms with Crippen molar-refractivity contribution in [1.29, 1.82) is 0 Å². The molecule has 3 heteroatoms. The summed E-state index contributed by atoms with van der Waals surface area (Å²) < 4.78 is 0. The first kappa shape index (κ1) is 13.8. The monoisotopic (exact) mass is 281 g/mol. The molecule has 1 aliphatic heterocycles. The number of aryl methyl sites for hydroxylation is 2. The maximum Gasteiger partial charge on any atom is 0.0601 e. The Bertz CT molecular complexity index is 628. The number of nitrogens with zero attached hydrogens (tertiary/aromatic N) is 2. The van der Waals surface area contributed by atoms with Crippen LogP contribution in [0.5, 0.6) is 0 Å². The maximum atomic E-state index is 6.17. The van der Waals surface area contributed by atoms with Gasteiger partial charge in [0.25, 0.3) is 0 Å². The Morgan fingerprint density at radius 2 is 1.43 bits per heavy atom. The fourth-order valence-electron chi connectivity index (χ4n) is 3.07. The zero-order chi connectivity index (χ0) is 14.8. The molecule has 0 amide bonds. The second-order valence-corrected chi connectivity index (χ2v) is 5.82. The lowest BCUT2D eigenvalue weighted by Gasteiger charge is -2.38. The Kier molecular flexibility index (Phi) is 3.74. The molecule has 21 heavy (non-hydrogen) atoms. The second-order valence-electron chi connectivity index (χ2n) is 5.82. The SMILES string of the molecule is Cc1ccc(N2CCN(c3ccccc3C)CC2)c(N)c1. The molecule has 2 aromatic carbocycles. The van der Waals surface area contributed by atoms with Gasteiger partial charge in [0.15, 0.2) is 0 Å². The molecule has 0 aromatic heterocycles. The summed E-state index contributed by atoms with van der Waals surface area (Å²) in [5, 5.41) is 0. The summed E-state index contributed by atoms with van der Waals surface area (Å²) in [4.78, 5) is 4.86. The van der Waals surface area contributed by atoms with Crippen molar-refractivity contribution in [3.05, 3.63) is 53.6 Å². The van der Waals surface area contributed by atoms with Crippen molar-refractivity contribution in [2.24, 2.45) is 0 Å². The predicted molar refractivity (Wildman–Crippen MR) is 91.2 cm³/mol. The topological polar surface area (TPSA) is 32.5 Å². The summed E-state index contributed by atoms with van der Waals surface area (Å²) in [6.07, 6.45) is 0. The number of benzene rings is 2.